The number of hydrogen-bond donors (Lipinski definition) is 0. The van der Waals surface area contributed by atoms with Crippen LogP contribution in [0.25, 0.3) is 22.3 Å². The molecule has 3 heteroatoms. The van der Waals surface area contributed by atoms with E-state index in [2.05, 4.69) is 60.7 Å². The van der Waals surface area contributed by atoms with Crippen molar-refractivity contribution in [2.45, 2.75) is 12.8 Å². The van der Waals surface area contributed by atoms with Crippen LogP contribution in [-0.4, -0.2) is 11.8 Å². The van der Waals surface area contributed by atoms with E-state index in [9.17, 15) is 0 Å². The fourth-order valence-corrected chi connectivity index (χ4v) is 4.29. The Morgan fingerprint density at radius 3 is 1.23 bits per heavy atom. The zero-order valence-electron chi connectivity index (χ0n) is 17.2. The molecule has 0 saturated carbocycles. The Hall–Kier alpha value is -2.74. The van der Waals surface area contributed by atoms with Crippen LogP contribution in [0.3, 0.4) is 0 Å². The Labute approximate surface area is 194 Å². The number of rotatable bonds is 8. The Morgan fingerprint density at radius 1 is 0.452 bits per heavy atom. The van der Waals surface area contributed by atoms with Crippen LogP contribution in [-0.2, 0) is 12.8 Å². The second-order valence-electron chi connectivity index (χ2n) is 7.29. The highest BCUT2D eigenvalue weighted by molar-refractivity contribution is 6.18. The first-order valence-electron chi connectivity index (χ1n) is 10.5. The predicted octanol–water partition coefficient (Wildman–Crippen LogP) is 8.38. The topological polar surface area (TPSA) is 9.23 Å². The van der Waals surface area contributed by atoms with Gasteiger partial charge in [-0.1, -0.05) is 84.9 Å². The Morgan fingerprint density at radius 2 is 0.806 bits per heavy atom. The maximum absolute atomic E-state index is 6.55. The number of ether oxygens (including phenoxy) is 1. The van der Waals surface area contributed by atoms with E-state index in [-0.39, 0.29) is 0 Å². The molecule has 0 aliphatic carbocycles. The maximum atomic E-state index is 6.55. The minimum atomic E-state index is 0.584. The lowest BCUT2D eigenvalue weighted by atomic mass is 9.96. The van der Waals surface area contributed by atoms with Gasteiger partial charge in [0.1, 0.15) is 11.5 Å². The largest absolute Gasteiger partial charge is 0.456 e. The number of benzene rings is 4. The van der Waals surface area contributed by atoms with Crippen LogP contribution in [0.2, 0.25) is 0 Å². The van der Waals surface area contributed by atoms with E-state index in [1.54, 1.807) is 0 Å². The Kier molecular flexibility index (Phi) is 7.30. The summed E-state index contributed by atoms with van der Waals surface area (Å²) in [6.07, 6.45) is 1.63. The van der Waals surface area contributed by atoms with E-state index in [0.29, 0.717) is 11.8 Å². The van der Waals surface area contributed by atoms with Crippen LogP contribution in [0.4, 0.5) is 0 Å². The van der Waals surface area contributed by atoms with Crippen LogP contribution >= 0.6 is 23.2 Å². The van der Waals surface area contributed by atoms with Crippen molar-refractivity contribution in [3.63, 3.8) is 0 Å². The summed E-state index contributed by atoms with van der Waals surface area (Å²) in [6, 6.07) is 33.1. The van der Waals surface area contributed by atoms with Gasteiger partial charge in [-0.15, -0.1) is 23.2 Å². The van der Waals surface area contributed by atoms with E-state index >= 15 is 0 Å². The minimum absolute atomic E-state index is 0.584. The third-order valence-electron chi connectivity index (χ3n) is 5.34. The molecule has 0 saturated heterocycles. The molecule has 0 spiro atoms. The molecule has 4 aromatic rings. The first-order chi connectivity index (χ1) is 15.3. The lowest BCUT2D eigenvalue weighted by Gasteiger charge is -2.17. The van der Waals surface area contributed by atoms with Crippen molar-refractivity contribution in [3.05, 3.63) is 108 Å². The van der Waals surface area contributed by atoms with Gasteiger partial charge in [0.25, 0.3) is 0 Å². The zero-order chi connectivity index (χ0) is 21.5. The summed E-state index contributed by atoms with van der Waals surface area (Å²) in [5, 5.41) is 0. The third-order valence-corrected chi connectivity index (χ3v) is 5.71. The molecule has 156 valence electrons. The van der Waals surface area contributed by atoms with Gasteiger partial charge in [-0.25, -0.2) is 0 Å². The number of alkyl halides is 2. The van der Waals surface area contributed by atoms with Crippen LogP contribution in [0.1, 0.15) is 11.1 Å². The summed E-state index contributed by atoms with van der Waals surface area (Å²) in [5.41, 5.74) is 6.86. The summed E-state index contributed by atoms with van der Waals surface area (Å²) < 4.78 is 6.55. The van der Waals surface area contributed by atoms with E-state index in [1.807, 2.05) is 36.4 Å². The van der Waals surface area contributed by atoms with Crippen LogP contribution < -0.4 is 4.74 Å². The van der Waals surface area contributed by atoms with Gasteiger partial charge < -0.3 is 4.74 Å². The van der Waals surface area contributed by atoms with Crippen LogP contribution in [0.15, 0.2) is 97.1 Å². The molecule has 0 atom stereocenters. The zero-order valence-corrected chi connectivity index (χ0v) is 18.7. The molecule has 1 nitrogen and oxygen atoms in total. The van der Waals surface area contributed by atoms with Crippen molar-refractivity contribution in [2.24, 2.45) is 0 Å². The quantitative estimate of drug-likeness (QED) is 0.247. The fraction of sp³-hybridized carbons (Fsp3) is 0.143. The molecule has 4 rings (SSSR count). The van der Waals surface area contributed by atoms with E-state index in [0.717, 1.165) is 46.6 Å². The van der Waals surface area contributed by atoms with Gasteiger partial charge in [0.15, 0.2) is 0 Å². The van der Waals surface area contributed by atoms with Crippen molar-refractivity contribution >= 4 is 23.2 Å². The van der Waals surface area contributed by atoms with Crippen molar-refractivity contribution in [2.75, 3.05) is 11.8 Å². The van der Waals surface area contributed by atoms with E-state index in [4.69, 9.17) is 27.9 Å². The molecule has 0 N–H and O–H groups in total. The lowest BCUT2D eigenvalue weighted by Crippen LogP contribution is -1.96. The summed E-state index contributed by atoms with van der Waals surface area (Å²) in [5.74, 6) is 2.82. The second kappa shape index (κ2) is 10.5. The van der Waals surface area contributed by atoms with E-state index < -0.39 is 0 Å². The van der Waals surface area contributed by atoms with Crippen molar-refractivity contribution < 1.29 is 4.74 Å². The Balaban J connectivity index is 1.77. The van der Waals surface area contributed by atoms with Crippen molar-refractivity contribution in [1.29, 1.82) is 0 Å². The second-order valence-corrected chi connectivity index (χ2v) is 8.04. The first-order valence-corrected chi connectivity index (χ1v) is 11.5. The van der Waals surface area contributed by atoms with Crippen LogP contribution in [0.5, 0.6) is 11.5 Å². The highest BCUT2D eigenvalue weighted by Gasteiger charge is 2.14. The van der Waals surface area contributed by atoms with Gasteiger partial charge in [0.05, 0.1) is 0 Å². The molecular weight excluding hydrogens is 423 g/mol. The number of para-hydroxylation sites is 2. The highest BCUT2D eigenvalue weighted by atomic mass is 35.5. The molecule has 0 aliphatic heterocycles. The lowest BCUT2D eigenvalue weighted by molar-refractivity contribution is 0.486. The van der Waals surface area contributed by atoms with Gasteiger partial charge in [-0.05, 0) is 47.2 Å². The molecule has 0 amide bonds. The molecule has 0 fully saturated rings. The van der Waals surface area contributed by atoms with Gasteiger partial charge in [-0.2, -0.15) is 0 Å². The fourth-order valence-electron chi connectivity index (χ4n) is 3.88. The maximum Gasteiger partial charge on any atom is 0.135 e. The normalized spacial score (nSPS) is 10.8. The molecule has 0 bridgehead atoms. The average molecular weight is 447 g/mol. The summed E-state index contributed by atoms with van der Waals surface area (Å²) in [7, 11) is 0. The molecule has 0 unspecified atom stereocenters. The molecule has 31 heavy (non-hydrogen) atoms. The Bertz CT molecular complexity index is 1060. The monoisotopic (exact) mass is 446 g/mol. The standard InChI is InChI=1S/C28H24Cl2O/c29-19-17-21-9-1-3-11-23(21)25-13-5-7-15-27(25)31-28-16-8-6-14-26(28)24-12-4-2-10-22(24)18-20-30/h1-16H,17-20H2. The van der Waals surface area contributed by atoms with Gasteiger partial charge in [-0.3, -0.25) is 0 Å². The number of hydrogen-bond acceptors (Lipinski definition) is 1. The van der Waals surface area contributed by atoms with Crippen molar-refractivity contribution in [1.82, 2.24) is 0 Å². The predicted molar refractivity (Wildman–Crippen MR) is 133 cm³/mol. The summed E-state index contributed by atoms with van der Waals surface area (Å²) in [6.45, 7) is 0. The van der Waals surface area contributed by atoms with Crippen molar-refractivity contribution in [3.8, 4) is 33.8 Å². The van der Waals surface area contributed by atoms with Gasteiger partial charge in [0.2, 0.25) is 0 Å². The molecule has 4 aromatic carbocycles. The first kappa shape index (κ1) is 21.5. The molecule has 0 heterocycles. The third kappa shape index (κ3) is 4.95. The summed E-state index contributed by atoms with van der Waals surface area (Å²) in [4.78, 5) is 0. The minimum Gasteiger partial charge on any atom is -0.456 e. The smallest absolute Gasteiger partial charge is 0.135 e. The van der Waals surface area contributed by atoms with Gasteiger partial charge >= 0.3 is 0 Å². The molecule has 0 radical (unpaired) electrons. The SMILES string of the molecule is ClCCc1ccccc1-c1ccccc1Oc1ccccc1-c1ccccc1CCCl. The van der Waals surface area contributed by atoms with Crippen LogP contribution in [0, 0.1) is 0 Å². The molecular formula is C28H24Cl2O. The molecule has 0 aromatic heterocycles. The molecule has 0 aliphatic rings. The summed E-state index contributed by atoms with van der Waals surface area (Å²) >= 11 is 12.1. The highest BCUT2D eigenvalue weighted by Crippen LogP contribution is 2.39. The average Bonchev–Trinajstić information content (AvgIpc) is 2.81. The number of halogens is 2. The van der Waals surface area contributed by atoms with Gasteiger partial charge in [0, 0.05) is 22.9 Å². The van der Waals surface area contributed by atoms with E-state index in [1.165, 1.54) is 11.1 Å². The number of aryl methyl sites for hydroxylation is 2.